The molecule has 0 saturated carbocycles. The molecule has 18 heavy (non-hydrogen) atoms. The van der Waals surface area contributed by atoms with Crippen molar-refractivity contribution in [3.05, 3.63) is 28.8 Å². The first-order chi connectivity index (χ1) is 8.41. The van der Waals surface area contributed by atoms with Crippen molar-refractivity contribution in [2.24, 2.45) is 0 Å². The van der Waals surface area contributed by atoms with E-state index in [0.29, 0.717) is 11.7 Å². The largest absolute Gasteiger partial charge is 0.417 e. The van der Waals surface area contributed by atoms with Crippen molar-refractivity contribution in [1.82, 2.24) is 5.32 Å². The Balaban J connectivity index is 2.25. The molecule has 1 unspecified atom stereocenters. The number of nitrogens with one attached hydrogen (secondary N) is 1. The Bertz CT molecular complexity index is 434. The monoisotopic (exact) mass is 278 g/mol. The molecule has 0 aliphatic carbocycles. The molecule has 2 nitrogen and oxygen atoms in total. The van der Waals surface area contributed by atoms with Gasteiger partial charge in [-0.3, -0.25) is 0 Å². The number of rotatable bonds is 2. The predicted octanol–water partition coefficient (Wildman–Crippen LogP) is 3.16. The third-order valence-corrected chi connectivity index (χ3v) is 3.55. The predicted molar refractivity (Wildman–Crippen MR) is 66.1 cm³/mol. The number of hydrogen-bond acceptors (Lipinski definition) is 2. The van der Waals surface area contributed by atoms with Crippen molar-refractivity contribution in [3.8, 4) is 0 Å². The number of nitrogens with zero attached hydrogens (tertiary/aromatic N) is 1. The van der Waals surface area contributed by atoms with Gasteiger partial charge in [0.15, 0.2) is 0 Å². The lowest BCUT2D eigenvalue weighted by molar-refractivity contribution is -0.137. The highest BCUT2D eigenvalue weighted by atomic mass is 35.5. The van der Waals surface area contributed by atoms with E-state index in [1.807, 2.05) is 11.9 Å². The second-order valence-corrected chi connectivity index (χ2v) is 4.79. The Kier molecular flexibility index (Phi) is 3.73. The first kappa shape index (κ1) is 13.5. The number of benzene rings is 1. The number of hydrogen-bond donors (Lipinski definition) is 1. The second kappa shape index (κ2) is 4.97. The molecule has 1 aromatic rings. The van der Waals surface area contributed by atoms with E-state index in [1.165, 1.54) is 6.07 Å². The number of likely N-dealkylation sites (N-methyl/N-ethyl adjacent to an activating group) is 1. The van der Waals surface area contributed by atoms with Crippen LogP contribution in [0.1, 0.15) is 12.0 Å². The maximum Gasteiger partial charge on any atom is 0.417 e. The van der Waals surface area contributed by atoms with Gasteiger partial charge < -0.3 is 10.2 Å². The molecule has 0 spiro atoms. The van der Waals surface area contributed by atoms with E-state index in [9.17, 15) is 13.2 Å². The Morgan fingerprint density at radius 2 is 2.11 bits per heavy atom. The van der Waals surface area contributed by atoms with Crippen LogP contribution in [0.5, 0.6) is 0 Å². The lowest BCUT2D eigenvalue weighted by atomic mass is 10.2. The van der Waals surface area contributed by atoms with Crippen LogP contribution in [-0.4, -0.2) is 26.2 Å². The fourth-order valence-corrected chi connectivity index (χ4v) is 2.38. The van der Waals surface area contributed by atoms with Crippen molar-refractivity contribution in [3.63, 3.8) is 0 Å². The number of halogens is 4. The van der Waals surface area contributed by atoms with Gasteiger partial charge in [-0.25, -0.2) is 0 Å². The third-order valence-electron chi connectivity index (χ3n) is 3.22. The highest BCUT2D eigenvalue weighted by molar-refractivity contribution is 6.31. The van der Waals surface area contributed by atoms with E-state index in [-0.39, 0.29) is 5.02 Å². The molecule has 1 N–H and O–H groups in total. The first-order valence-corrected chi connectivity index (χ1v) is 6.08. The van der Waals surface area contributed by atoms with Gasteiger partial charge in [0.1, 0.15) is 0 Å². The van der Waals surface area contributed by atoms with Crippen LogP contribution >= 0.6 is 11.6 Å². The van der Waals surface area contributed by atoms with Crippen LogP contribution in [0.3, 0.4) is 0 Å². The maximum absolute atomic E-state index is 12.7. The molecular weight excluding hydrogens is 265 g/mol. The smallest absolute Gasteiger partial charge is 0.370 e. The van der Waals surface area contributed by atoms with E-state index in [2.05, 4.69) is 5.32 Å². The summed E-state index contributed by atoms with van der Waals surface area (Å²) in [4.78, 5) is 1.94. The van der Waals surface area contributed by atoms with Gasteiger partial charge in [-0.05, 0) is 31.7 Å². The third kappa shape index (κ3) is 2.72. The minimum absolute atomic E-state index is 0.254. The Hall–Kier alpha value is -0.940. The highest BCUT2D eigenvalue weighted by Gasteiger charge is 2.34. The van der Waals surface area contributed by atoms with Crippen LogP contribution in [0.25, 0.3) is 0 Å². The highest BCUT2D eigenvalue weighted by Crippen LogP contribution is 2.37. The van der Waals surface area contributed by atoms with Gasteiger partial charge in [0.25, 0.3) is 0 Å². The minimum Gasteiger partial charge on any atom is -0.370 e. The minimum atomic E-state index is -4.41. The van der Waals surface area contributed by atoms with Crippen molar-refractivity contribution < 1.29 is 13.2 Å². The summed E-state index contributed by atoms with van der Waals surface area (Å²) in [5, 5.41) is 2.88. The van der Waals surface area contributed by atoms with Gasteiger partial charge >= 0.3 is 6.18 Å². The van der Waals surface area contributed by atoms with Crippen LogP contribution in [0.15, 0.2) is 18.2 Å². The van der Waals surface area contributed by atoms with Gasteiger partial charge in [0, 0.05) is 24.8 Å². The maximum atomic E-state index is 12.7. The zero-order chi connectivity index (χ0) is 13.3. The standard InChI is InChI=1S/C12H14ClF3N2/c1-17-8-4-5-18(7-8)9-2-3-11(13)10(6-9)12(14,15)16/h2-3,6,8,17H,4-5,7H2,1H3. The molecule has 1 saturated heterocycles. The van der Waals surface area contributed by atoms with Crippen molar-refractivity contribution >= 4 is 17.3 Å². The zero-order valence-electron chi connectivity index (χ0n) is 9.89. The van der Waals surface area contributed by atoms with Crippen LogP contribution in [-0.2, 0) is 6.18 Å². The number of alkyl halides is 3. The molecule has 2 rings (SSSR count). The lowest BCUT2D eigenvalue weighted by Crippen LogP contribution is -2.29. The summed E-state index contributed by atoms with van der Waals surface area (Å²) in [6.07, 6.45) is -3.48. The SMILES string of the molecule is CNC1CCN(c2ccc(Cl)c(C(F)(F)F)c2)C1. The molecule has 1 atom stereocenters. The normalized spacial score (nSPS) is 20.5. The molecule has 1 aliphatic heterocycles. The second-order valence-electron chi connectivity index (χ2n) is 4.38. The van der Waals surface area contributed by atoms with Crippen molar-refractivity contribution in [2.75, 3.05) is 25.0 Å². The summed E-state index contributed by atoms with van der Waals surface area (Å²) < 4.78 is 38.2. The van der Waals surface area contributed by atoms with Crippen LogP contribution in [0.4, 0.5) is 18.9 Å². The summed E-state index contributed by atoms with van der Waals surface area (Å²) in [6, 6.07) is 4.40. The molecule has 6 heteroatoms. The summed E-state index contributed by atoms with van der Waals surface area (Å²) in [6.45, 7) is 1.47. The average Bonchev–Trinajstić information content (AvgIpc) is 2.76. The molecular formula is C12H14ClF3N2. The van der Waals surface area contributed by atoms with Gasteiger partial charge in [-0.15, -0.1) is 0 Å². The molecule has 1 aromatic carbocycles. The Morgan fingerprint density at radius 1 is 1.39 bits per heavy atom. The van der Waals surface area contributed by atoms with E-state index in [0.717, 1.165) is 25.6 Å². The zero-order valence-corrected chi connectivity index (χ0v) is 10.6. The van der Waals surface area contributed by atoms with E-state index in [4.69, 9.17) is 11.6 Å². The average molecular weight is 279 g/mol. The Labute approximate surface area is 109 Å². The molecule has 0 amide bonds. The lowest BCUT2D eigenvalue weighted by Gasteiger charge is -2.20. The Morgan fingerprint density at radius 3 is 2.67 bits per heavy atom. The molecule has 0 aromatic heterocycles. The molecule has 0 bridgehead atoms. The van der Waals surface area contributed by atoms with E-state index >= 15 is 0 Å². The molecule has 100 valence electrons. The van der Waals surface area contributed by atoms with E-state index < -0.39 is 11.7 Å². The summed E-state index contributed by atoms with van der Waals surface area (Å²) in [5.74, 6) is 0. The van der Waals surface area contributed by atoms with E-state index in [1.54, 1.807) is 6.07 Å². The fraction of sp³-hybridized carbons (Fsp3) is 0.500. The van der Waals surface area contributed by atoms with Crippen molar-refractivity contribution in [2.45, 2.75) is 18.6 Å². The van der Waals surface area contributed by atoms with Crippen LogP contribution in [0, 0.1) is 0 Å². The van der Waals surface area contributed by atoms with Gasteiger partial charge in [-0.2, -0.15) is 13.2 Å². The summed E-state index contributed by atoms with van der Waals surface area (Å²) in [7, 11) is 1.86. The van der Waals surface area contributed by atoms with Crippen LogP contribution < -0.4 is 10.2 Å². The first-order valence-electron chi connectivity index (χ1n) is 5.71. The fourth-order valence-electron chi connectivity index (χ4n) is 2.16. The summed E-state index contributed by atoms with van der Waals surface area (Å²) >= 11 is 5.59. The summed E-state index contributed by atoms with van der Waals surface area (Å²) in [5.41, 5.74) is -0.195. The molecule has 0 radical (unpaired) electrons. The van der Waals surface area contributed by atoms with Crippen LogP contribution in [0.2, 0.25) is 5.02 Å². The van der Waals surface area contributed by atoms with Gasteiger partial charge in [0.2, 0.25) is 0 Å². The molecule has 1 heterocycles. The van der Waals surface area contributed by atoms with Gasteiger partial charge in [0.05, 0.1) is 10.6 Å². The topological polar surface area (TPSA) is 15.3 Å². The quantitative estimate of drug-likeness (QED) is 0.894. The van der Waals surface area contributed by atoms with Crippen molar-refractivity contribution in [1.29, 1.82) is 0 Å². The van der Waals surface area contributed by atoms with Gasteiger partial charge in [-0.1, -0.05) is 11.6 Å². The number of anilines is 1. The molecule has 1 fully saturated rings. The molecule has 1 aliphatic rings.